The standard InChI is InChI=1S/C24H28N4O.ClH/c1-19-8-6-7-11-23(19)27-16-14-26(15-17-27)13-12-24(29)22-18-25-28(20(22)2)21-9-4-3-5-10-21;/h3-11,18H,12-17H2,1-2H3;1H. The quantitative estimate of drug-likeness (QED) is 0.553. The second kappa shape index (κ2) is 9.92. The van der Waals surface area contributed by atoms with E-state index < -0.39 is 0 Å². The summed E-state index contributed by atoms with van der Waals surface area (Å²) in [6, 6.07) is 18.5. The Morgan fingerprint density at radius 3 is 2.30 bits per heavy atom. The third-order valence-corrected chi connectivity index (χ3v) is 5.79. The third kappa shape index (κ3) is 4.74. The zero-order valence-electron chi connectivity index (χ0n) is 17.6. The van der Waals surface area contributed by atoms with Crippen LogP contribution in [-0.2, 0) is 0 Å². The number of carbonyl (C=O) groups excluding carboxylic acids is 1. The summed E-state index contributed by atoms with van der Waals surface area (Å²) in [6.07, 6.45) is 2.24. The van der Waals surface area contributed by atoms with Gasteiger partial charge in [0.15, 0.2) is 5.78 Å². The van der Waals surface area contributed by atoms with Crippen molar-refractivity contribution >= 4 is 23.9 Å². The van der Waals surface area contributed by atoms with Crippen LogP contribution in [0, 0.1) is 13.8 Å². The molecule has 6 heteroatoms. The van der Waals surface area contributed by atoms with Crippen LogP contribution in [0.4, 0.5) is 5.69 Å². The predicted octanol–water partition coefficient (Wildman–Crippen LogP) is 4.31. The molecule has 0 atom stereocenters. The van der Waals surface area contributed by atoms with Crippen LogP contribution in [0.25, 0.3) is 5.69 Å². The van der Waals surface area contributed by atoms with Crippen LogP contribution >= 0.6 is 12.4 Å². The molecule has 1 aliphatic heterocycles. The number of hydrogen-bond acceptors (Lipinski definition) is 4. The molecule has 0 N–H and O–H groups in total. The number of ketones is 1. The molecule has 3 aromatic rings. The van der Waals surface area contributed by atoms with E-state index in [2.05, 4.69) is 46.1 Å². The van der Waals surface area contributed by atoms with Crippen molar-refractivity contribution < 1.29 is 4.79 Å². The first-order valence-electron chi connectivity index (χ1n) is 10.3. The van der Waals surface area contributed by atoms with Gasteiger partial charge in [-0.15, -0.1) is 12.4 Å². The molecule has 1 aliphatic rings. The summed E-state index contributed by atoms with van der Waals surface area (Å²) >= 11 is 0. The Labute approximate surface area is 184 Å². The van der Waals surface area contributed by atoms with Crippen LogP contribution in [0.5, 0.6) is 0 Å². The molecule has 1 fully saturated rings. The Morgan fingerprint density at radius 2 is 1.60 bits per heavy atom. The molecule has 30 heavy (non-hydrogen) atoms. The van der Waals surface area contributed by atoms with Gasteiger partial charge in [0.2, 0.25) is 0 Å². The van der Waals surface area contributed by atoms with Gasteiger partial charge in [-0.25, -0.2) is 4.68 Å². The Morgan fingerprint density at radius 1 is 0.933 bits per heavy atom. The normalized spacial score (nSPS) is 14.4. The molecule has 0 bridgehead atoms. The maximum Gasteiger partial charge on any atom is 0.167 e. The first-order chi connectivity index (χ1) is 14.1. The van der Waals surface area contributed by atoms with Crippen LogP contribution < -0.4 is 4.90 Å². The number of rotatable bonds is 6. The van der Waals surface area contributed by atoms with E-state index in [1.54, 1.807) is 6.20 Å². The number of piperazine rings is 1. The minimum atomic E-state index is 0. The molecule has 1 aromatic heterocycles. The van der Waals surface area contributed by atoms with E-state index in [0.717, 1.165) is 49.7 Å². The van der Waals surface area contributed by atoms with E-state index in [4.69, 9.17) is 0 Å². The molecule has 5 nitrogen and oxygen atoms in total. The molecule has 0 spiro atoms. The number of aryl methyl sites for hydroxylation is 1. The molecule has 0 radical (unpaired) electrons. The van der Waals surface area contributed by atoms with Crippen molar-refractivity contribution in [1.29, 1.82) is 0 Å². The predicted molar refractivity (Wildman–Crippen MR) is 124 cm³/mol. The van der Waals surface area contributed by atoms with Crippen molar-refractivity contribution in [3.8, 4) is 5.69 Å². The van der Waals surface area contributed by atoms with E-state index in [1.165, 1.54) is 11.3 Å². The van der Waals surface area contributed by atoms with E-state index in [1.807, 2.05) is 41.9 Å². The number of hydrogen-bond donors (Lipinski definition) is 0. The molecule has 4 rings (SSSR count). The van der Waals surface area contributed by atoms with Gasteiger partial charge < -0.3 is 4.90 Å². The fourth-order valence-corrected chi connectivity index (χ4v) is 4.04. The van der Waals surface area contributed by atoms with Gasteiger partial charge in [0.25, 0.3) is 0 Å². The summed E-state index contributed by atoms with van der Waals surface area (Å²) in [5.41, 5.74) is 5.27. The number of benzene rings is 2. The Bertz CT molecular complexity index is 978. The maximum absolute atomic E-state index is 12.8. The second-order valence-electron chi connectivity index (χ2n) is 7.68. The number of Topliss-reactive ketones (excluding diaryl/α,β-unsaturated/α-hetero) is 1. The fraction of sp³-hybridized carbons (Fsp3) is 0.333. The van der Waals surface area contributed by atoms with Crippen LogP contribution in [0.2, 0.25) is 0 Å². The second-order valence-corrected chi connectivity index (χ2v) is 7.68. The summed E-state index contributed by atoms with van der Waals surface area (Å²) in [7, 11) is 0. The molecule has 2 aromatic carbocycles. The van der Waals surface area contributed by atoms with E-state index in [9.17, 15) is 4.79 Å². The Balaban J connectivity index is 0.00000256. The minimum absolute atomic E-state index is 0. The van der Waals surface area contributed by atoms with Crippen LogP contribution in [0.15, 0.2) is 60.8 Å². The highest BCUT2D eigenvalue weighted by atomic mass is 35.5. The number of halogens is 1. The van der Waals surface area contributed by atoms with Crippen molar-refractivity contribution in [2.45, 2.75) is 20.3 Å². The number of para-hydroxylation sites is 2. The maximum atomic E-state index is 12.8. The molecular weight excluding hydrogens is 396 g/mol. The van der Waals surface area contributed by atoms with Crippen LogP contribution in [0.3, 0.4) is 0 Å². The van der Waals surface area contributed by atoms with Gasteiger partial charge in [-0.2, -0.15) is 5.10 Å². The number of nitrogens with zero attached hydrogens (tertiary/aromatic N) is 4. The van der Waals surface area contributed by atoms with Gasteiger partial charge in [0, 0.05) is 44.8 Å². The van der Waals surface area contributed by atoms with Crippen molar-refractivity contribution in [2.75, 3.05) is 37.6 Å². The lowest BCUT2D eigenvalue weighted by Crippen LogP contribution is -2.47. The van der Waals surface area contributed by atoms with Gasteiger partial charge in [-0.1, -0.05) is 36.4 Å². The zero-order chi connectivity index (χ0) is 20.2. The molecule has 0 saturated carbocycles. The Kier molecular flexibility index (Phi) is 7.29. The molecule has 158 valence electrons. The fourth-order valence-electron chi connectivity index (χ4n) is 4.04. The number of aromatic nitrogens is 2. The highest BCUT2D eigenvalue weighted by Gasteiger charge is 2.20. The number of carbonyl (C=O) groups is 1. The lowest BCUT2D eigenvalue weighted by atomic mass is 10.1. The molecule has 0 unspecified atom stereocenters. The number of anilines is 1. The highest BCUT2D eigenvalue weighted by Crippen LogP contribution is 2.21. The van der Waals surface area contributed by atoms with Gasteiger partial charge >= 0.3 is 0 Å². The average Bonchev–Trinajstić information content (AvgIpc) is 3.15. The minimum Gasteiger partial charge on any atom is -0.369 e. The highest BCUT2D eigenvalue weighted by molar-refractivity contribution is 5.97. The first kappa shape index (κ1) is 22.1. The summed E-state index contributed by atoms with van der Waals surface area (Å²) in [6.45, 7) is 8.92. The van der Waals surface area contributed by atoms with Gasteiger partial charge in [-0.05, 0) is 37.6 Å². The van der Waals surface area contributed by atoms with Crippen molar-refractivity contribution in [3.05, 3.63) is 77.6 Å². The SMILES string of the molecule is Cc1ccccc1N1CCN(CCC(=O)c2cnn(-c3ccccc3)c2C)CC1.Cl. The van der Waals surface area contributed by atoms with Gasteiger partial charge in [0.05, 0.1) is 23.1 Å². The topological polar surface area (TPSA) is 41.4 Å². The van der Waals surface area contributed by atoms with Crippen molar-refractivity contribution in [3.63, 3.8) is 0 Å². The summed E-state index contributed by atoms with van der Waals surface area (Å²) in [4.78, 5) is 17.6. The average molecular weight is 425 g/mol. The van der Waals surface area contributed by atoms with Gasteiger partial charge in [-0.3, -0.25) is 9.69 Å². The molecule has 0 amide bonds. The summed E-state index contributed by atoms with van der Waals surface area (Å²) in [5.74, 6) is 0.172. The molecule has 2 heterocycles. The Hall–Kier alpha value is -2.63. The third-order valence-electron chi connectivity index (χ3n) is 5.79. The zero-order valence-corrected chi connectivity index (χ0v) is 18.4. The van der Waals surface area contributed by atoms with Crippen molar-refractivity contribution in [1.82, 2.24) is 14.7 Å². The van der Waals surface area contributed by atoms with Gasteiger partial charge in [0.1, 0.15) is 0 Å². The van der Waals surface area contributed by atoms with Crippen LogP contribution in [-0.4, -0.2) is 53.2 Å². The lowest BCUT2D eigenvalue weighted by molar-refractivity contribution is 0.0962. The monoisotopic (exact) mass is 424 g/mol. The lowest BCUT2D eigenvalue weighted by Gasteiger charge is -2.36. The smallest absolute Gasteiger partial charge is 0.167 e. The summed E-state index contributed by atoms with van der Waals surface area (Å²) in [5, 5.41) is 4.43. The van der Waals surface area contributed by atoms with E-state index >= 15 is 0 Å². The van der Waals surface area contributed by atoms with E-state index in [0.29, 0.717) is 6.42 Å². The van der Waals surface area contributed by atoms with E-state index in [-0.39, 0.29) is 18.2 Å². The molecule has 0 aliphatic carbocycles. The van der Waals surface area contributed by atoms with Crippen LogP contribution in [0.1, 0.15) is 28.0 Å². The summed E-state index contributed by atoms with van der Waals surface area (Å²) < 4.78 is 1.84. The molecule has 1 saturated heterocycles. The largest absolute Gasteiger partial charge is 0.369 e. The first-order valence-corrected chi connectivity index (χ1v) is 10.3. The molecular formula is C24H29ClN4O. The van der Waals surface area contributed by atoms with Crippen molar-refractivity contribution in [2.24, 2.45) is 0 Å².